The second kappa shape index (κ2) is 7.50. The first-order valence-electron chi connectivity index (χ1n) is 8.17. The van der Waals surface area contributed by atoms with Gasteiger partial charge >= 0.3 is 0 Å². The second-order valence-electron chi connectivity index (χ2n) is 5.86. The quantitative estimate of drug-likeness (QED) is 0.687. The van der Waals surface area contributed by atoms with Gasteiger partial charge in [-0.25, -0.2) is 0 Å². The molecule has 4 rings (SSSR count). The summed E-state index contributed by atoms with van der Waals surface area (Å²) in [4.78, 5) is 26.4. The summed E-state index contributed by atoms with van der Waals surface area (Å²) in [5.74, 6) is 0.781. The molecule has 2 aliphatic heterocycles. The maximum Gasteiger partial charge on any atom is 0.293 e. The number of ether oxygens (including phenoxy) is 2. The molecular formula is C20H14ClNO4S. The number of benzene rings is 2. The predicted octanol–water partition coefficient (Wildman–Crippen LogP) is 4.86. The van der Waals surface area contributed by atoms with E-state index in [1.807, 2.05) is 36.4 Å². The van der Waals surface area contributed by atoms with Crippen LogP contribution in [0.4, 0.5) is 4.79 Å². The fourth-order valence-corrected chi connectivity index (χ4v) is 3.72. The van der Waals surface area contributed by atoms with Crippen molar-refractivity contribution in [3.63, 3.8) is 0 Å². The fraction of sp³-hybridized carbons (Fsp3) is 0.100. The number of hydrogen-bond donors (Lipinski definition) is 0. The number of carbonyl (C=O) groups excluding carboxylic acids is 2. The molecule has 0 saturated carbocycles. The van der Waals surface area contributed by atoms with Crippen LogP contribution in [0.25, 0.3) is 6.08 Å². The highest BCUT2D eigenvalue weighted by Gasteiger charge is 2.35. The molecule has 2 heterocycles. The molecule has 27 heavy (non-hydrogen) atoms. The number of allylic oxidation sites excluding steroid dienone is 2. The Morgan fingerprint density at radius 2 is 1.85 bits per heavy atom. The van der Waals surface area contributed by atoms with E-state index in [9.17, 15) is 9.59 Å². The van der Waals surface area contributed by atoms with Crippen LogP contribution in [0.1, 0.15) is 11.1 Å². The topological polar surface area (TPSA) is 55.8 Å². The summed E-state index contributed by atoms with van der Waals surface area (Å²) >= 11 is 7.17. The SMILES string of the molecule is O=C1S/C(=C/C=Cc2ccccc2)C(=O)N1Cc1cc2c(cc1Cl)OCO2. The third-order valence-corrected chi connectivity index (χ3v) is 5.36. The maximum atomic E-state index is 12.6. The first kappa shape index (κ1) is 17.7. The first-order valence-corrected chi connectivity index (χ1v) is 9.36. The number of carbonyl (C=O) groups is 2. The van der Waals surface area contributed by atoms with Crippen LogP contribution in [-0.4, -0.2) is 22.8 Å². The van der Waals surface area contributed by atoms with Crippen molar-refractivity contribution >= 4 is 40.6 Å². The largest absolute Gasteiger partial charge is 0.454 e. The molecule has 0 aromatic heterocycles. The summed E-state index contributed by atoms with van der Waals surface area (Å²) in [5, 5.41) is 0.0966. The van der Waals surface area contributed by atoms with Gasteiger partial charge in [-0.2, -0.15) is 0 Å². The molecule has 0 N–H and O–H groups in total. The molecule has 1 saturated heterocycles. The van der Waals surface area contributed by atoms with Gasteiger partial charge < -0.3 is 9.47 Å². The number of rotatable bonds is 4. The van der Waals surface area contributed by atoms with Gasteiger partial charge in [0.2, 0.25) is 6.79 Å². The summed E-state index contributed by atoms with van der Waals surface area (Å²) in [7, 11) is 0. The summed E-state index contributed by atoms with van der Waals surface area (Å²) in [5.41, 5.74) is 1.64. The van der Waals surface area contributed by atoms with Crippen LogP contribution in [0.3, 0.4) is 0 Å². The second-order valence-corrected chi connectivity index (χ2v) is 7.26. The number of amides is 2. The van der Waals surface area contributed by atoms with Crippen molar-refractivity contribution in [2.45, 2.75) is 6.54 Å². The molecular weight excluding hydrogens is 386 g/mol. The van der Waals surface area contributed by atoms with E-state index in [1.165, 1.54) is 4.90 Å². The van der Waals surface area contributed by atoms with E-state index in [1.54, 1.807) is 24.3 Å². The van der Waals surface area contributed by atoms with Gasteiger partial charge in [0, 0.05) is 11.1 Å². The summed E-state index contributed by atoms with van der Waals surface area (Å²) in [6.07, 6.45) is 5.29. The number of thioether (sulfide) groups is 1. The molecule has 7 heteroatoms. The molecule has 136 valence electrons. The molecule has 0 aliphatic carbocycles. The van der Waals surface area contributed by atoms with Gasteiger partial charge in [0.25, 0.3) is 11.1 Å². The number of nitrogens with zero attached hydrogens (tertiary/aromatic N) is 1. The van der Waals surface area contributed by atoms with Gasteiger partial charge in [0.1, 0.15) is 0 Å². The molecule has 0 atom stereocenters. The molecule has 5 nitrogen and oxygen atoms in total. The van der Waals surface area contributed by atoms with Crippen molar-refractivity contribution in [1.82, 2.24) is 4.90 Å². The van der Waals surface area contributed by atoms with E-state index >= 15 is 0 Å². The van der Waals surface area contributed by atoms with E-state index in [0.29, 0.717) is 27.0 Å². The third kappa shape index (κ3) is 3.72. The Hall–Kier alpha value is -2.70. The zero-order chi connectivity index (χ0) is 18.8. The van der Waals surface area contributed by atoms with Gasteiger partial charge in [-0.3, -0.25) is 14.5 Å². The zero-order valence-electron chi connectivity index (χ0n) is 14.1. The van der Waals surface area contributed by atoms with Crippen molar-refractivity contribution in [2.24, 2.45) is 0 Å². The van der Waals surface area contributed by atoms with E-state index < -0.39 is 0 Å². The minimum Gasteiger partial charge on any atom is -0.454 e. The summed E-state index contributed by atoms with van der Waals surface area (Å²) < 4.78 is 10.6. The van der Waals surface area contributed by atoms with Crippen molar-refractivity contribution in [2.75, 3.05) is 6.79 Å². The Bertz CT molecular complexity index is 971. The monoisotopic (exact) mass is 399 g/mol. The third-order valence-electron chi connectivity index (χ3n) is 4.08. The van der Waals surface area contributed by atoms with Crippen LogP contribution < -0.4 is 9.47 Å². The highest BCUT2D eigenvalue weighted by molar-refractivity contribution is 8.18. The number of fused-ring (bicyclic) bond motifs is 1. The van der Waals surface area contributed by atoms with E-state index in [4.69, 9.17) is 21.1 Å². The van der Waals surface area contributed by atoms with Crippen LogP contribution in [-0.2, 0) is 11.3 Å². The van der Waals surface area contributed by atoms with E-state index in [-0.39, 0.29) is 24.5 Å². The minimum atomic E-state index is -0.337. The van der Waals surface area contributed by atoms with Gasteiger partial charge in [0.15, 0.2) is 11.5 Å². The highest BCUT2D eigenvalue weighted by atomic mass is 35.5. The summed E-state index contributed by atoms with van der Waals surface area (Å²) in [6.45, 7) is 0.215. The molecule has 2 aliphatic rings. The molecule has 2 amide bonds. The molecule has 0 spiro atoms. The Morgan fingerprint density at radius 1 is 1.11 bits per heavy atom. The van der Waals surface area contributed by atoms with Crippen molar-refractivity contribution in [3.05, 3.63) is 75.7 Å². The van der Waals surface area contributed by atoms with Crippen molar-refractivity contribution in [3.8, 4) is 11.5 Å². The lowest BCUT2D eigenvalue weighted by molar-refractivity contribution is -0.123. The average Bonchev–Trinajstić information content (AvgIpc) is 3.22. The van der Waals surface area contributed by atoms with E-state index in [2.05, 4.69) is 0 Å². The normalized spacial score (nSPS) is 17.5. The van der Waals surface area contributed by atoms with Gasteiger partial charge in [0.05, 0.1) is 11.4 Å². The summed E-state index contributed by atoms with van der Waals surface area (Å²) in [6, 6.07) is 13.0. The predicted molar refractivity (Wildman–Crippen MR) is 105 cm³/mol. The molecule has 1 fully saturated rings. The molecule has 0 bridgehead atoms. The van der Waals surface area contributed by atoms with Crippen LogP contribution in [0.15, 0.2) is 59.5 Å². The Balaban J connectivity index is 1.50. The maximum absolute atomic E-state index is 12.6. The number of imide groups is 1. The Labute approximate surface area is 165 Å². The van der Waals surface area contributed by atoms with Crippen molar-refractivity contribution < 1.29 is 19.1 Å². The van der Waals surface area contributed by atoms with Crippen LogP contribution in [0, 0.1) is 0 Å². The number of hydrogen-bond acceptors (Lipinski definition) is 5. The van der Waals surface area contributed by atoms with Gasteiger partial charge in [-0.05, 0) is 35.0 Å². The Morgan fingerprint density at radius 3 is 2.63 bits per heavy atom. The average molecular weight is 400 g/mol. The standard InChI is InChI=1S/C20H14ClNO4S/c21-15-10-17-16(25-12-26-17)9-14(15)11-22-19(23)18(27-20(22)24)8-4-7-13-5-2-1-3-6-13/h1-10H,11-12H2/b7-4?,18-8+. The smallest absolute Gasteiger partial charge is 0.293 e. The lowest BCUT2D eigenvalue weighted by Crippen LogP contribution is -2.27. The highest BCUT2D eigenvalue weighted by Crippen LogP contribution is 2.39. The Kier molecular flexibility index (Phi) is 4.92. The first-order chi connectivity index (χ1) is 13.1. The number of halogens is 1. The van der Waals surface area contributed by atoms with Crippen LogP contribution >= 0.6 is 23.4 Å². The van der Waals surface area contributed by atoms with Crippen LogP contribution in [0.5, 0.6) is 11.5 Å². The zero-order valence-corrected chi connectivity index (χ0v) is 15.6. The molecule has 0 unspecified atom stereocenters. The van der Waals surface area contributed by atoms with Gasteiger partial charge in [-0.15, -0.1) is 0 Å². The fourth-order valence-electron chi connectivity index (χ4n) is 2.71. The molecule has 0 radical (unpaired) electrons. The molecule has 2 aromatic carbocycles. The van der Waals surface area contributed by atoms with E-state index in [0.717, 1.165) is 17.3 Å². The lowest BCUT2D eigenvalue weighted by Gasteiger charge is -2.14. The minimum absolute atomic E-state index is 0.0832. The lowest BCUT2D eigenvalue weighted by atomic mass is 10.2. The van der Waals surface area contributed by atoms with Gasteiger partial charge in [-0.1, -0.05) is 54.1 Å². The van der Waals surface area contributed by atoms with Crippen LogP contribution in [0.2, 0.25) is 5.02 Å². The van der Waals surface area contributed by atoms with Crippen molar-refractivity contribution in [1.29, 1.82) is 0 Å². The molecule has 2 aromatic rings.